The van der Waals surface area contributed by atoms with Gasteiger partial charge in [0.1, 0.15) is 6.33 Å². The molecule has 0 spiro atoms. The Hall–Kier alpha value is -3.48. The molecule has 4 rings (SSSR count). The average Bonchev–Trinajstić information content (AvgIpc) is 3.29. The van der Waals surface area contributed by atoms with Crippen molar-refractivity contribution in [1.29, 1.82) is 0 Å². The average molecular weight is 346 g/mol. The van der Waals surface area contributed by atoms with Crippen LogP contribution in [0.5, 0.6) is 0 Å². The van der Waals surface area contributed by atoms with Crippen molar-refractivity contribution in [3.05, 3.63) is 77.7 Å². The fourth-order valence-electron chi connectivity index (χ4n) is 3.07. The number of hydrogen-bond donors (Lipinski definition) is 2. The van der Waals surface area contributed by atoms with Crippen molar-refractivity contribution >= 4 is 16.8 Å². The van der Waals surface area contributed by atoms with Crippen LogP contribution in [-0.2, 0) is 11.3 Å². The largest absolute Gasteiger partial charge is 0.359 e. The summed E-state index contributed by atoms with van der Waals surface area (Å²) in [6, 6.07) is 17.1. The van der Waals surface area contributed by atoms with Gasteiger partial charge >= 0.3 is 0 Å². The van der Waals surface area contributed by atoms with Gasteiger partial charge in [0.25, 0.3) is 0 Å². The molecule has 0 radical (unpaired) electrons. The third kappa shape index (κ3) is 3.19. The van der Waals surface area contributed by atoms with Gasteiger partial charge in [-0.15, -0.1) is 5.10 Å². The number of rotatable bonds is 5. The summed E-state index contributed by atoms with van der Waals surface area (Å²) >= 11 is 0. The van der Waals surface area contributed by atoms with Crippen molar-refractivity contribution < 1.29 is 4.79 Å². The van der Waals surface area contributed by atoms with Crippen LogP contribution < -0.4 is 5.32 Å². The number of hydrogen-bond acceptors (Lipinski definition) is 4. The van der Waals surface area contributed by atoms with E-state index in [4.69, 9.17) is 0 Å². The van der Waals surface area contributed by atoms with Crippen LogP contribution in [0, 0.1) is 6.92 Å². The van der Waals surface area contributed by atoms with Crippen LogP contribution in [0.3, 0.4) is 0 Å². The highest BCUT2D eigenvalue weighted by molar-refractivity contribution is 5.84. The molecule has 0 aliphatic carbocycles. The minimum atomic E-state index is -0.607. The zero-order valence-corrected chi connectivity index (χ0v) is 14.3. The van der Waals surface area contributed by atoms with E-state index in [9.17, 15) is 4.79 Å². The molecule has 2 aromatic heterocycles. The quantitative estimate of drug-likeness (QED) is 0.581. The number of aromatic nitrogens is 5. The molecule has 0 bridgehead atoms. The van der Waals surface area contributed by atoms with Gasteiger partial charge in [-0.1, -0.05) is 36.4 Å². The van der Waals surface area contributed by atoms with Crippen molar-refractivity contribution in [2.24, 2.45) is 0 Å². The Morgan fingerprint density at radius 1 is 1.19 bits per heavy atom. The number of nitrogens with one attached hydrogen (secondary N) is 2. The van der Waals surface area contributed by atoms with Crippen molar-refractivity contribution in [3.63, 3.8) is 0 Å². The second kappa shape index (κ2) is 6.79. The summed E-state index contributed by atoms with van der Waals surface area (Å²) < 4.78 is 1.46. The van der Waals surface area contributed by atoms with Crippen LogP contribution in [0.4, 0.5) is 0 Å². The number of carbonyl (C=O) groups is 1. The fourth-order valence-corrected chi connectivity index (χ4v) is 3.07. The molecule has 1 atom stereocenters. The van der Waals surface area contributed by atoms with Crippen molar-refractivity contribution in [3.8, 4) is 0 Å². The molecule has 4 aromatic rings. The number of aryl methyl sites for hydroxylation is 1. The lowest BCUT2D eigenvalue weighted by atomic mass is 10.1. The second-order valence-corrected chi connectivity index (χ2v) is 6.19. The Morgan fingerprint density at radius 2 is 2.04 bits per heavy atom. The topological polar surface area (TPSA) is 88.5 Å². The van der Waals surface area contributed by atoms with E-state index in [1.165, 1.54) is 11.0 Å². The van der Waals surface area contributed by atoms with Crippen molar-refractivity contribution in [2.75, 3.05) is 0 Å². The number of nitrogens with zero attached hydrogens (tertiary/aromatic N) is 4. The summed E-state index contributed by atoms with van der Waals surface area (Å²) in [6.45, 7) is 2.46. The molecule has 1 amide bonds. The van der Waals surface area contributed by atoms with Gasteiger partial charge < -0.3 is 10.3 Å². The van der Waals surface area contributed by atoms with Crippen LogP contribution in [0.1, 0.15) is 22.9 Å². The molecule has 0 aliphatic heterocycles. The molecule has 2 N–H and O–H groups in total. The maximum absolute atomic E-state index is 12.8. The molecule has 2 heterocycles. The highest BCUT2D eigenvalue weighted by Gasteiger charge is 2.23. The Bertz CT molecular complexity index is 1020. The van der Waals surface area contributed by atoms with E-state index < -0.39 is 6.04 Å². The van der Waals surface area contributed by atoms with Gasteiger partial charge in [0, 0.05) is 17.8 Å². The third-order valence-corrected chi connectivity index (χ3v) is 4.28. The lowest BCUT2D eigenvalue weighted by molar-refractivity contribution is -0.123. The van der Waals surface area contributed by atoms with E-state index in [-0.39, 0.29) is 5.91 Å². The lowest BCUT2D eigenvalue weighted by Crippen LogP contribution is -2.33. The standard InChI is InChI=1S/C19H18N6O/c1-13-9-16-10-14(7-8-17(16)22-13)11-20-19(26)18(25-12-21-23-24-25)15-5-3-2-4-6-15/h2-10,12,18,22H,11H2,1H3,(H,20,26). The smallest absolute Gasteiger partial charge is 0.249 e. The first-order valence-corrected chi connectivity index (χ1v) is 8.34. The first-order chi connectivity index (χ1) is 12.7. The van der Waals surface area contributed by atoms with E-state index in [2.05, 4.69) is 38.0 Å². The van der Waals surface area contributed by atoms with Gasteiger partial charge in [-0.2, -0.15) is 0 Å². The van der Waals surface area contributed by atoms with Gasteiger partial charge in [-0.25, -0.2) is 4.68 Å². The number of aromatic amines is 1. The zero-order chi connectivity index (χ0) is 17.9. The summed E-state index contributed by atoms with van der Waals surface area (Å²) in [7, 11) is 0. The Kier molecular flexibility index (Phi) is 4.18. The molecule has 0 fully saturated rings. The molecular formula is C19H18N6O. The third-order valence-electron chi connectivity index (χ3n) is 4.28. The molecule has 0 saturated carbocycles. The van der Waals surface area contributed by atoms with Gasteiger partial charge in [0.2, 0.25) is 5.91 Å². The maximum Gasteiger partial charge on any atom is 0.249 e. The number of carbonyl (C=O) groups excluding carboxylic acids is 1. The normalized spacial score (nSPS) is 12.2. The Balaban J connectivity index is 1.54. The van der Waals surface area contributed by atoms with Crippen LogP contribution in [-0.4, -0.2) is 31.1 Å². The molecule has 2 aromatic carbocycles. The van der Waals surface area contributed by atoms with E-state index >= 15 is 0 Å². The van der Waals surface area contributed by atoms with Crippen molar-refractivity contribution in [2.45, 2.75) is 19.5 Å². The minimum absolute atomic E-state index is 0.158. The highest BCUT2D eigenvalue weighted by atomic mass is 16.2. The first kappa shape index (κ1) is 16.0. The summed E-state index contributed by atoms with van der Waals surface area (Å²) in [5.74, 6) is -0.158. The van der Waals surface area contributed by atoms with E-state index in [1.807, 2.05) is 49.4 Å². The SMILES string of the molecule is Cc1cc2cc(CNC(=O)C(c3ccccc3)n3cnnn3)ccc2[nH]1. The molecular weight excluding hydrogens is 328 g/mol. The zero-order valence-electron chi connectivity index (χ0n) is 14.3. The molecule has 0 saturated heterocycles. The second-order valence-electron chi connectivity index (χ2n) is 6.19. The van der Waals surface area contributed by atoms with Gasteiger partial charge in [-0.3, -0.25) is 4.79 Å². The maximum atomic E-state index is 12.8. The van der Waals surface area contributed by atoms with Gasteiger partial charge in [0.15, 0.2) is 6.04 Å². The molecule has 7 nitrogen and oxygen atoms in total. The number of amides is 1. The monoisotopic (exact) mass is 346 g/mol. The highest BCUT2D eigenvalue weighted by Crippen LogP contribution is 2.19. The Labute approximate surface area is 150 Å². The minimum Gasteiger partial charge on any atom is -0.359 e. The Morgan fingerprint density at radius 3 is 2.81 bits per heavy atom. The van der Waals surface area contributed by atoms with Crippen LogP contribution in [0.25, 0.3) is 10.9 Å². The van der Waals surface area contributed by atoms with Crippen LogP contribution in [0.15, 0.2) is 60.9 Å². The summed E-state index contributed by atoms with van der Waals surface area (Å²) in [5.41, 5.74) is 4.07. The summed E-state index contributed by atoms with van der Waals surface area (Å²) in [6.07, 6.45) is 1.45. The predicted molar refractivity (Wildman–Crippen MR) is 97.3 cm³/mol. The molecule has 130 valence electrons. The number of benzene rings is 2. The number of H-pyrrole nitrogens is 1. The lowest BCUT2D eigenvalue weighted by Gasteiger charge is -2.16. The fraction of sp³-hybridized carbons (Fsp3) is 0.158. The van der Waals surface area contributed by atoms with Gasteiger partial charge in [0.05, 0.1) is 0 Å². The number of fused-ring (bicyclic) bond motifs is 1. The molecule has 26 heavy (non-hydrogen) atoms. The molecule has 1 unspecified atom stereocenters. The predicted octanol–water partition coefficient (Wildman–Crippen LogP) is 2.37. The van der Waals surface area contributed by atoms with Gasteiger partial charge in [-0.05, 0) is 52.1 Å². The number of tetrazole rings is 1. The summed E-state index contributed by atoms with van der Waals surface area (Å²) in [4.78, 5) is 16.1. The van der Waals surface area contributed by atoms with Crippen molar-refractivity contribution in [1.82, 2.24) is 30.5 Å². The molecule has 0 aliphatic rings. The van der Waals surface area contributed by atoms with E-state index in [0.717, 1.165) is 27.7 Å². The van der Waals surface area contributed by atoms with E-state index in [1.54, 1.807) is 0 Å². The van der Waals surface area contributed by atoms with E-state index in [0.29, 0.717) is 6.54 Å². The molecule has 7 heteroatoms. The van der Waals surface area contributed by atoms with Crippen LogP contribution in [0.2, 0.25) is 0 Å². The van der Waals surface area contributed by atoms with Crippen LogP contribution >= 0.6 is 0 Å². The first-order valence-electron chi connectivity index (χ1n) is 8.34. The summed E-state index contributed by atoms with van der Waals surface area (Å²) in [5, 5.41) is 15.3.